The molecule has 1 heterocycles. The highest BCUT2D eigenvalue weighted by atomic mass is 19.4. The van der Waals surface area contributed by atoms with Gasteiger partial charge in [0.1, 0.15) is 11.3 Å². The van der Waals surface area contributed by atoms with E-state index < -0.39 is 48.3 Å². The Morgan fingerprint density at radius 1 is 1.26 bits per heavy atom. The summed E-state index contributed by atoms with van der Waals surface area (Å²) < 4.78 is 84.0. The first-order chi connectivity index (χ1) is 10.5. The van der Waals surface area contributed by atoms with Crippen molar-refractivity contribution >= 4 is 5.97 Å². The second-order valence-corrected chi connectivity index (χ2v) is 4.16. The monoisotopic (exact) mass is 346 g/mol. The number of halogens is 6. The fourth-order valence-electron chi connectivity index (χ4n) is 1.72. The van der Waals surface area contributed by atoms with Crippen molar-refractivity contribution in [1.82, 2.24) is 4.98 Å². The summed E-state index contributed by atoms with van der Waals surface area (Å²) in [5.41, 5.74) is 2.46. The van der Waals surface area contributed by atoms with E-state index in [0.717, 1.165) is 0 Å². The van der Waals surface area contributed by atoms with Crippen molar-refractivity contribution in [3.63, 3.8) is 0 Å². The van der Waals surface area contributed by atoms with Gasteiger partial charge in [0, 0.05) is 18.3 Å². The second-order valence-electron chi connectivity index (χ2n) is 4.16. The lowest BCUT2D eigenvalue weighted by atomic mass is 10.0. The number of carbonyl (C=O) groups is 1. The smallest absolute Gasteiger partial charge is 0.466 e. The Morgan fingerprint density at radius 2 is 1.87 bits per heavy atom. The number of carbonyl (C=O) groups excluding carboxylic acids is 1. The third kappa shape index (κ3) is 5.27. The fraction of sp³-hybridized carbons (Fsp3) is 0.500. The van der Waals surface area contributed by atoms with Crippen LogP contribution in [-0.2, 0) is 28.7 Å². The minimum Gasteiger partial charge on any atom is -0.466 e. The molecule has 0 radical (unpaired) electrons. The van der Waals surface area contributed by atoms with Crippen molar-refractivity contribution in [2.45, 2.75) is 32.4 Å². The van der Waals surface area contributed by atoms with Gasteiger partial charge in [-0.3, -0.25) is 9.78 Å². The van der Waals surface area contributed by atoms with Gasteiger partial charge in [0.2, 0.25) is 0 Å². The standard InChI is InChI=1S/C12H12F6N2O3/c1-2-22-9(21)3-6-8(4-19)20-5-7(11(13,14)15)10(6)23-12(16,17)18/h5H,2-4,19H2,1H3. The van der Waals surface area contributed by atoms with Crippen LogP contribution >= 0.6 is 0 Å². The highest BCUT2D eigenvalue weighted by molar-refractivity contribution is 5.74. The molecule has 0 spiro atoms. The average molecular weight is 346 g/mol. The van der Waals surface area contributed by atoms with Gasteiger partial charge < -0.3 is 15.2 Å². The van der Waals surface area contributed by atoms with Crippen LogP contribution in [0.4, 0.5) is 26.3 Å². The van der Waals surface area contributed by atoms with Gasteiger partial charge in [-0.1, -0.05) is 0 Å². The molecular formula is C12H12F6N2O3. The van der Waals surface area contributed by atoms with Crippen molar-refractivity contribution in [2.75, 3.05) is 6.61 Å². The van der Waals surface area contributed by atoms with Gasteiger partial charge in [0.15, 0.2) is 0 Å². The average Bonchev–Trinajstić information content (AvgIpc) is 2.37. The van der Waals surface area contributed by atoms with Crippen LogP contribution in [0.15, 0.2) is 6.20 Å². The molecule has 0 fully saturated rings. The van der Waals surface area contributed by atoms with E-state index in [4.69, 9.17) is 5.73 Å². The van der Waals surface area contributed by atoms with E-state index in [1.807, 2.05) is 0 Å². The zero-order valence-corrected chi connectivity index (χ0v) is 11.7. The zero-order valence-electron chi connectivity index (χ0n) is 11.7. The molecule has 0 saturated carbocycles. The summed E-state index contributed by atoms with van der Waals surface area (Å²) in [5, 5.41) is 0. The Morgan fingerprint density at radius 3 is 2.30 bits per heavy atom. The number of hydrogen-bond acceptors (Lipinski definition) is 5. The summed E-state index contributed by atoms with van der Waals surface area (Å²) in [5.74, 6) is -2.58. The number of rotatable bonds is 5. The van der Waals surface area contributed by atoms with Crippen LogP contribution in [0.2, 0.25) is 0 Å². The third-order valence-electron chi connectivity index (χ3n) is 2.56. The van der Waals surface area contributed by atoms with Crippen LogP contribution in [-0.4, -0.2) is 23.9 Å². The molecule has 1 rings (SSSR count). The molecule has 0 saturated heterocycles. The predicted molar refractivity (Wildman–Crippen MR) is 64.2 cm³/mol. The molecule has 1 aromatic rings. The summed E-state index contributed by atoms with van der Waals surface area (Å²) in [6, 6.07) is 0. The van der Waals surface area contributed by atoms with Gasteiger partial charge in [-0.15, -0.1) is 13.2 Å². The van der Waals surface area contributed by atoms with Gasteiger partial charge in [-0.2, -0.15) is 13.2 Å². The maximum atomic E-state index is 12.9. The van der Waals surface area contributed by atoms with Crippen molar-refractivity contribution in [3.8, 4) is 5.75 Å². The Bertz CT molecular complexity index is 571. The highest BCUT2D eigenvalue weighted by Gasteiger charge is 2.42. The number of pyridine rings is 1. The molecule has 0 aliphatic rings. The maximum Gasteiger partial charge on any atom is 0.573 e. The number of ether oxygens (including phenoxy) is 2. The molecule has 0 bridgehead atoms. The number of alkyl halides is 6. The van der Waals surface area contributed by atoms with Crippen LogP contribution in [0.1, 0.15) is 23.7 Å². The molecule has 0 aliphatic carbocycles. The van der Waals surface area contributed by atoms with Crippen molar-refractivity contribution in [1.29, 1.82) is 0 Å². The van der Waals surface area contributed by atoms with E-state index in [9.17, 15) is 31.1 Å². The summed E-state index contributed by atoms with van der Waals surface area (Å²) in [7, 11) is 0. The molecule has 11 heteroatoms. The van der Waals surface area contributed by atoms with E-state index in [0.29, 0.717) is 0 Å². The first-order valence-corrected chi connectivity index (χ1v) is 6.19. The van der Waals surface area contributed by atoms with E-state index in [1.54, 1.807) is 0 Å². The predicted octanol–water partition coefficient (Wildman–Crippen LogP) is 2.56. The molecule has 0 amide bonds. The van der Waals surface area contributed by atoms with E-state index >= 15 is 0 Å². The molecule has 0 unspecified atom stereocenters. The normalized spacial score (nSPS) is 12.2. The van der Waals surface area contributed by atoms with Gasteiger partial charge in [-0.05, 0) is 6.92 Å². The molecule has 2 N–H and O–H groups in total. The van der Waals surface area contributed by atoms with Crippen LogP contribution < -0.4 is 10.5 Å². The number of aromatic nitrogens is 1. The molecular weight excluding hydrogens is 334 g/mol. The summed E-state index contributed by atoms with van der Waals surface area (Å²) in [4.78, 5) is 14.8. The Labute approximate surface area is 126 Å². The molecule has 1 aromatic heterocycles. The quantitative estimate of drug-likeness (QED) is 0.655. The molecule has 5 nitrogen and oxygen atoms in total. The van der Waals surface area contributed by atoms with Gasteiger partial charge >= 0.3 is 18.5 Å². The van der Waals surface area contributed by atoms with Crippen LogP contribution in [0.25, 0.3) is 0 Å². The molecule has 130 valence electrons. The Hall–Kier alpha value is -2.04. The van der Waals surface area contributed by atoms with Crippen molar-refractivity contribution in [2.24, 2.45) is 5.73 Å². The number of nitrogens with zero attached hydrogens (tertiary/aromatic N) is 1. The van der Waals surface area contributed by atoms with E-state index in [1.165, 1.54) is 6.92 Å². The molecule has 0 aromatic carbocycles. The maximum absolute atomic E-state index is 12.9. The molecule has 0 aliphatic heterocycles. The van der Waals surface area contributed by atoms with Gasteiger partial charge in [0.05, 0.1) is 18.7 Å². The lowest BCUT2D eigenvalue weighted by Crippen LogP contribution is -2.24. The summed E-state index contributed by atoms with van der Waals surface area (Å²) in [6.07, 6.45) is -11.3. The molecule has 0 atom stereocenters. The van der Waals surface area contributed by atoms with Crippen LogP contribution in [0, 0.1) is 0 Å². The Kier molecular flexibility index (Phi) is 5.81. The first-order valence-electron chi connectivity index (χ1n) is 6.19. The Balaban J connectivity index is 3.50. The van der Waals surface area contributed by atoms with Crippen LogP contribution in [0.5, 0.6) is 5.75 Å². The van der Waals surface area contributed by atoms with Gasteiger partial charge in [0.25, 0.3) is 0 Å². The van der Waals surface area contributed by atoms with Gasteiger partial charge in [-0.25, -0.2) is 0 Å². The minimum absolute atomic E-state index is 0.0986. The van der Waals surface area contributed by atoms with E-state index in [2.05, 4.69) is 14.5 Å². The topological polar surface area (TPSA) is 74.4 Å². The number of nitrogens with two attached hydrogens (primary N) is 1. The number of hydrogen-bond donors (Lipinski definition) is 1. The summed E-state index contributed by atoms with van der Waals surface area (Å²) in [6.45, 7) is 0.846. The third-order valence-corrected chi connectivity index (χ3v) is 2.56. The zero-order chi connectivity index (χ0) is 17.8. The molecule has 23 heavy (non-hydrogen) atoms. The minimum atomic E-state index is -5.39. The largest absolute Gasteiger partial charge is 0.573 e. The van der Waals surface area contributed by atoms with Crippen LogP contribution in [0.3, 0.4) is 0 Å². The highest BCUT2D eigenvalue weighted by Crippen LogP contribution is 2.41. The lowest BCUT2D eigenvalue weighted by molar-refractivity contribution is -0.276. The van der Waals surface area contributed by atoms with Crippen molar-refractivity contribution < 1.29 is 40.6 Å². The number of esters is 1. The van der Waals surface area contributed by atoms with E-state index in [-0.39, 0.29) is 18.5 Å². The van der Waals surface area contributed by atoms with Crippen molar-refractivity contribution in [3.05, 3.63) is 23.0 Å². The lowest BCUT2D eigenvalue weighted by Gasteiger charge is -2.20. The second kappa shape index (κ2) is 7.02. The summed E-state index contributed by atoms with van der Waals surface area (Å²) >= 11 is 0. The SMILES string of the molecule is CCOC(=O)Cc1c(CN)ncc(C(F)(F)F)c1OC(F)(F)F. The first kappa shape index (κ1) is 19.0. The fourth-order valence-corrected chi connectivity index (χ4v) is 1.72.